The molecular weight excluding hydrogens is 294 g/mol. The van der Waals surface area contributed by atoms with Gasteiger partial charge in [0.25, 0.3) is 0 Å². The van der Waals surface area contributed by atoms with Crippen LogP contribution in [0.4, 0.5) is 0 Å². The molecule has 2 aromatic rings. The summed E-state index contributed by atoms with van der Waals surface area (Å²) in [4.78, 5) is 10.3. The molecule has 96 valence electrons. The number of para-hydroxylation sites is 1. The Morgan fingerprint density at radius 1 is 1.00 bits per heavy atom. The summed E-state index contributed by atoms with van der Waals surface area (Å²) in [5, 5.41) is 17.3. The second-order valence-electron chi connectivity index (χ2n) is 3.52. The topological polar surface area (TPSA) is 57.5 Å². The van der Waals surface area contributed by atoms with Gasteiger partial charge in [0.2, 0.25) is 0 Å². The number of rotatable bonds is 2. The van der Waals surface area contributed by atoms with E-state index in [1.807, 2.05) is 25.1 Å². The number of hydrogen-bond donors (Lipinski definition) is 2. The van der Waals surface area contributed by atoms with Crippen molar-refractivity contribution in [2.24, 2.45) is 0 Å². The van der Waals surface area contributed by atoms with Crippen LogP contribution in [0.3, 0.4) is 0 Å². The van der Waals surface area contributed by atoms with Crippen molar-refractivity contribution in [1.29, 1.82) is 0 Å². The minimum atomic E-state index is -1.11. The fourth-order valence-electron chi connectivity index (χ4n) is 1.30. The normalized spacial score (nSPS) is 8.47. The number of benzene rings is 2. The van der Waals surface area contributed by atoms with Crippen LogP contribution in [-0.4, -0.2) is 16.2 Å². The Morgan fingerprint density at radius 2 is 1.53 bits per heavy atom. The smallest absolute Gasteiger partial charge is 0.339 e. The van der Waals surface area contributed by atoms with Gasteiger partial charge in [0.1, 0.15) is 11.3 Å². The van der Waals surface area contributed by atoms with E-state index < -0.39 is 5.97 Å². The summed E-state index contributed by atoms with van der Waals surface area (Å²) in [5.74, 6) is -1.31. The summed E-state index contributed by atoms with van der Waals surface area (Å²) in [7, 11) is 0. The van der Waals surface area contributed by atoms with Crippen LogP contribution in [0.5, 0.6) is 5.75 Å². The molecule has 3 nitrogen and oxygen atoms in total. The first-order valence-electron chi connectivity index (χ1n) is 5.51. The van der Waals surface area contributed by atoms with Crippen LogP contribution in [0, 0.1) is 6.42 Å². The van der Waals surface area contributed by atoms with E-state index in [0.717, 1.165) is 0 Å². The first-order valence-corrected chi connectivity index (χ1v) is 5.51. The molecule has 0 amide bonds. The Morgan fingerprint density at radius 3 is 1.89 bits per heavy atom. The number of aromatic hydroxyl groups is 1. The summed E-state index contributed by atoms with van der Waals surface area (Å²) in [6.07, 6.45) is 2.08. The first kappa shape index (κ1) is 17.2. The zero-order valence-electron chi connectivity index (χ0n) is 10.8. The van der Waals surface area contributed by atoms with Gasteiger partial charge in [0.05, 0.1) is 0 Å². The van der Waals surface area contributed by atoms with Gasteiger partial charge in [0, 0.05) is 19.5 Å². The van der Waals surface area contributed by atoms with Crippen LogP contribution in [0.25, 0.3) is 0 Å². The van der Waals surface area contributed by atoms with E-state index in [4.69, 9.17) is 10.2 Å². The van der Waals surface area contributed by atoms with Gasteiger partial charge in [-0.1, -0.05) is 25.1 Å². The van der Waals surface area contributed by atoms with E-state index >= 15 is 0 Å². The maximum Gasteiger partial charge on any atom is 0.339 e. The van der Waals surface area contributed by atoms with E-state index in [1.165, 1.54) is 17.7 Å². The first-order chi connectivity index (χ1) is 8.65. The molecule has 2 N–H and O–H groups in total. The minimum Gasteiger partial charge on any atom is -0.507 e. The van der Waals surface area contributed by atoms with Gasteiger partial charge in [0.15, 0.2) is 0 Å². The zero-order valence-corrected chi connectivity index (χ0v) is 13.8. The maximum absolute atomic E-state index is 10.3. The average molecular weight is 309 g/mol. The molecule has 0 aliphatic carbocycles. The van der Waals surface area contributed by atoms with E-state index in [2.05, 4.69) is 18.6 Å². The molecule has 0 aromatic heterocycles. The summed E-state index contributed by atoms with van der Waals surface area (Å²) in [6, 6.07) is 16.1. The minimum absolute atomic E-state index is 0. The molecule has 0 atom stereocenters. The van der Waals surface area contributed by atoms with E-state index in [1.54, 1.807) is 12.1 Å². The molecule has 0 spiro atoms. The quantitative estimate of drug-likeness (QED) is 0.661. The SMILES string of the molecule is C[CH-]c1ccccc1.O=C(O)c1ccccc1O.[Zn]. The molecule has 0 aliphatic heterocycles. The molecule has 0 saturated carbocycles. The van der Waals surface area contributed by atoms with Crippen molar-refractivity contribution in [1.82, 2.24) is 0 Å². The van der Waals surface area contributed by atoms with Gasteiger partial charge in [-0.05, 0) is 12.1 Å². The summed E-state index contributed by atoms with van der Waals surface area (Å²) in [6.45, 7) is 2.04. The molecule has 0 saturated heterocycles. The van der Waals surface area contributed by atoms with Gasteiger partial charge in [-0.3, -0.25) is 0 Å². The Kier molecular flexibility index (Phi) is 8.31. The van der Waals surface area contributed by atoms with Crippen molar-refractivity contribution in [2.75, 3.05) is 0 Å². The molecule has 0 bridgehead atoms. The molecule has 19 heavy (non-hydrogen) atoms. The van der Waals surface area contributed by atoms with Crippen molar-refractivity contribution in [3.8, 4) is 5.75 Å². The molecule has 0 aliphatic rings. The number of aromatic carboxylic acids is 1. The van der Waals surface area contributed by atoms with Crippen molar-refractivity contribution >= 4 is 5.97 Å². The van der Waals surface area contributed by atoms with Crippen molar-refractivity contribution in [3.05, 3.63) is 72.1 Å². The monoisotopic (exact) mass is 307 g/mol. The average Bonchev–Trinajstić information content (AvgIpc) is 2.40. The van der Waals surface area contributed by atoms with Gasteiger partial charge in [-0.25, -0.2) is 4.79 Å². The van der Waals surface area contributed by atoms with Crippen LogP contribution in [0.1, 0.15) is 22.8 Å². The van der Waals surface area contributed by atoms with Gasteiger partial charge >= 0.3 is 5.97 Å². The Labute approximate surface area is 125 Å². The third-order valence-electron chi connectivity index (χ3n) is 2.27. The molecule has 0 fully saturated rings. The molecule has 0 radical (unpaired) electrons. The Bertz CT molecular complexity index is 498. The summed E-state index contributed by atoms with van der Waals surface area (Å²) >= 11 is 0. The number of carboxylic acids is 1. The zero-order chi connectivity index (χ0) is 13.4. The number of hydrogen-bond acceptors (Lipinski definition) is 2. The van der Waals surface area contributed by atoms with E-state index in [-0.39, 0.29) is 30.8 Å². The molecule has 0 unspecified atom stereocenters. The van der Waals surface area contributed by atoms with Crippen molar-refractivity contribution in [2.45, 2.75) is 6.92 Å². The summed E-state index contributed by atoms with van der Waals surface area (Å²) < 4.78 is 0. The fourth-order valence-corrected chi connectivity index (χ4v) is 1.30. The van der Waals surface area contributed by atoms with Crippen LogP contribution in [0.15, 0.2) is 54.6 Å². The van der Waals surface area contributed by atoms with E-state index in [9.17, 15) is 4.79 Å². The van der Waals surface area contributed by atoms with Crippen LogP contribution >= 0.6 is 0 Å². The maximum atomic E-state index is 10.3. The Hall–Kier alpha value is -1.80. The molecule has 4 heteroatoms. The van der Waals surface area contributed by atoms with Crippen LogP contribution in [-0.2, 0) is 19.5 Å². The van der Waals surface area contributed by atoms with Gasteiger partial charge in [-0.15, -0.1) is 12.1 Å². The van der Waals surface area contributed by atoms with Gasteiger partial charge in [-0.2, -0.15) is 24.1 Å². The third-order valence-corrected chi connectivity index (χ3v) is 2.27. The standard InChI is InChI=1S/C8H9.C7H6O3.Zn/c1-2-8-6-4-3-5-7-8;8-6-4-2-1-3-5(6)7(9)10;/h2-7H,1H3;1-4,8H,(H,9,10);/q-1;;. The predicted octanol–water partition coefficient (Wildman–Crippen LogP) is 3.35. The predicted molar refractivity (Wildman–Crippen MR) is 70.6 cm³/mol. The second kappa shape index (κ2) is 9.18. The van der Waals surface area contributed by atoms with Crippen LogP contribution in [0.2, 0.25) is 0 Å². The molecular formula is C15H15O3Zn-. The fraction of sp³-hybridized carbons (Fsp3) is 0.0667. The number of phenols is 1. The molecule has 0 heterocycles. The largest absolute Gasteiger partial charge is 0.507 e. The Balaban J connectivity index is 0.000000331. The number of carbonyl (C=O) groups is 1. The van der Waals surface area contributed by atoms with Crippen LogP contribution < -0.4 is 0 Å². The molecule has 2 rings (SSSR count). The van der Waals surface area contributed by atoms with E-state index in [0.29, 0.717) is 0 Å². The second-order valence-corrected chi connectivity index (χ2v) is 3.52. The molecule has 2 aromatic carbocycles. The summed E-state index contributed by atoms with van der Waals surface area (Å²) in [5.41, 5.74) is 1.22. The third kappa shape index (κ3) is 6.07. The van der Waals surface area contributed by atoms with Crippen molar-refractivity contribution in [3.63, 3.8) is 0 Å². The van der Waals surface area contributed by atoms with Crippen molar-refractivity contribution < 1.29 is 34.5 Å². The van der Waals surface area contributed by atoms with Gasteiger partial charge < -0.3 is 10.2 Å². The number of carboxylic acid groups (broad SMARTS) is 1.